The summed E-state index contributed by atoms with van der Waals surface area (Å²) in [6.07, 6.45) is 0.923. The van der Waals surface area contributed by atoms with Crippen LogP contribution < -0.4 is 10.5 Å². The molecule has 0 atom stereocenters. The number of thiocarbonyl (C=S) groups is 1. The molecule has 1 aromatic heterocycles. The van der Waals surface area contributed by atoms with Gasteiger partial charge >= 0.3 is 0 Å². The van der Waals surface area contributed by atoms with Crippen molar-refractivity contribution < 1.29 is 4.74 Å². The first-order chi connectivity index (χ1) is 8.66. The first-order valence-corrected chi connectivity index (χ1v) is 7.49. The molecule has 0 saturated heterocycles. The maximum atomic E-state index is 5.69. The summed E-state index contributed by atoms with van der Waals surface area (Å²) in [4.78, 5) is 1.71. The van der Waals surface area contributed by atoms with Crippen molar-refractivity contribution >= 4 is 44.5 Å². The van der Waals surface area contributed by atoms with Gasteiger partial charge in [-0.3, -0.25) is 0 Å². The Labute approximate surface area is 124 Å². The zero-order valence-electron chi connectivity index (χ0n) is 9.56. The summed E-state index contributed by atoms with van der Waals surface area (Å²) in [5.74, 6) is 0.818. The third-order valence-electron chi connectivity index (χ3n) is 2.40. The van der Waals surface area contributed by atoms with Crippen molar-refractivity contribution in [3.05, 3.63) is 50.6 Å². The molecule has 0 bridgehead atoms. The molecule has 1 heterocycles. The Morgan fingerprint density at radius 1 is 1.39 bits per heavy atom. The maximum absolute atomic E-state index is 5.69. The summed E-state index contributed by atoms with van der Waals surface area (Å²) in [6.45, 7) is 0.666. The smallest absolute Gasteiger partial charge is 0.120 e. The average Bonchev–Trinajstić information content (AvgIpc) is 2.81. The van der Waals surface area contributed by atoms with E-state index in [0.717, 1.165) is 22.2 Å². The Bertz CT molecular complexity index is 540. The topological polar surface area (TPSA) is 35.2 Å². The normalized spacial score (nSPS) is 10.3. The highest BCUT2D eigenvalue weighted by Crippen LogP contribution is 2.23. The van der Waals surface area contributed by atoms with Gasteiger partial charge in [0.2, 0.25) is 0 Å². The summed E-state index contributed by atoms with van der Waals surface area (Å²) in [5.41, 5.74) is 6.42. The summed E-state index contributed by atoms with van der Waals surface area (Å²) < 4.78 is 6.55. The van der Waals surface area contributed by atoms with Gasteiger partial charge in [-0.25, -0.2) is 0 Å². The Morgan fingerprint density at radius 3 is 2.83 bits per heavy atom. The molecule has 0 aliphatic rings. The van der Waals surface area contributed by atoms with Crippen molar-refractivity contribution in [3.8, 4) is 5.75 Å². The molecule has 0 radical (unpaired) electrons. The minimum absolute atomic E-state index is 0.381. The highest BCUT2D eigenvalue weighted by Gasteiger charge is 2.04. The monoisotopic (exact) mass is 341 g/mol. The number of ether oxygens (including phenoxy) is 1. The van der Waals surface area contributed by atoms with Gasteiger partial charge in [0.15, 0.2) is 0 Å². The van der Waals surface area contributed by atoms with Crippen molar-refractivity contribution in [2.75, 3.05) is 6.61 Å². The minimum Gasteiger partial charge on any atom is -0.493 e. The molecule has 94 valence electrons. The van der Waals surface area contributed by atoms with E-state index >= 15 is 0 Å². The van der Waals surface area contributed by atoms with Crippen LogP contribution in [0.2, 0.25) is 0 Å². The zero-order chi connectivity index (χ0) is 13.0. The van der Waals surface area contributed by atoms with E-state index in [2.05, 4.69) is 27.4 Å². The molecule has 0 aliphatic heterocycles. The van der Waals surface area contributed by atoms with Crippen LogP contribution in [-0.2, 0) is 6.42 Å². The molecule has 2 aromatic rings. The number of hydrogen-bond donors (Lipinski definition) is 1. The van der Waals surface area contributed by atoms with Gasteiger partial charge in [0, 0.05) is 21.3 Å². The van der Waals surface area contributed by atoms with E-state index in [0.29, 0.717) is 11.6 Å². The van der Waals surface area contributed by atoms with Gasteiger partial charge in [-0.1, -0.05) is 18.3 Å². The third-order valence-corrected chi connectivity index (χ3v) is 4.22. The molecule has 0 aliphatic carbocycles. The Balaban J connectivity index is 1.94. The van der Waals surface area contributed by atoms with E-state index in [1.165, 1.54) is 4.88 Å². The second-order valence-corrected chi connectivity index (χ2v) is 6.01. The lowest BCUT2D eigenvalue weighted by Gasteiger charge is -2.08. The van der Waals surface area contributed by atoms with Crippen LogP contribution in [0.4, 0.5) is 0 Å². The summed E-state index contributed by atoms with van der Waals surface area (Å²) >= 11 is 10.1. The van der Waals surface area contributed by atoms with E-state index in [9.17, 15) is 0 Å². The van der Waals surface area contributed by atoms with E-state index in [-0.39, 0.29) is 0 Å². The second-order valence-electron chi connectivity index (χ2n) is 3.68. The highest BCUT2D eigenvalue weighted by molar-refractivity contribution is 9.10. The van der Waals surface area contributed by atoms with Crippen LogP contribution in [-0.4, -0.2) is 11.6 Å². The van der Waals surface area contributed by atoms with Crippen LogP contribution in [0, 0.1) is 0 Å². The lowest BCUT2D eigenvalue weighted by molar-refractivity contribution is 0.323. The average molecular weight is 342 g/mol. The van der Waals surface area contributed by atoms with Crippen molar-refractivity contribution in [2.45, 2.75) is 6.42 Å². The maximum Gasteiger partial charge on any atom is 0.120 e. The van der Waals surface area contributed by atoms with Crippen LogP contribution in [0.5, 0.6) is 5.75 Å². The first kappa shape index (κ1) is 13.5. The summed E-state index contributed by atoms with van der Waals surface area (Å²) in [5, 5.41) is 2.07. The van der Waals surface area contributed by atoms with Gasteiger partial charge in [0.25, 0.3) is 0 Å². The van der Waals surface area contributed by atoms with Crippen LogP contribution in [0.25, 0.3) is 0 Å². The molecule has 0 fully saturated rings. The van der Waals surface area contributed by atoms with E-state index in [1.807, 2.05) is 24.3 Å². The molecular weight excluding hydrogens is 330 g/mol. The fraction of sp³-hybridized carbons (Fsp3) is 0.154. The molecule has 18 heavy (non-hydrogen) atoms. The number of rotatable bonds is 5. The van der Waals surface area contributed by atoms with Crippen molar-refractivity contribution in [1.82, 2.24) is 0 Å². The predicted octanol–water partition coefficient (Wildman–Crippen LogP) is 3.77. The molecular formula is C13H12BrNOS2. The number of thiophene rings is 1. The predicted molar refractivity (Wildman–Crippen MR) is 83.5 cm³/mol. The van der Waals surface area contributed by atoms with Crippen LogP contribution in [0.3, 0.4) is 0 Å². The zero-order valence-corrected chi connectivity index (χ0v) is 12.8. The lowest BCUT2D eigenvalue weighted by Crippen LogP contribution is -2.10. The largest absolute Gasteiger partial charge is 0.493 e. The van der Waals surface area contributed by atoms with Gasteiger partial charge in [-0.2, -0.15) is 0 Å². The summed E-state index contributed by atoms with van der Waals surface area (Å²) in [6, 6.07) is 9.80. The van der Waals surface area contributed by atoms with Crippen molar-refractivity contribution in [3.63, 3.8) is 0 Å². The molecule has 1 aromatic carbocycles. The SMILES string of the molecule is NC(=S)c1ccc(OCCc2cccs2)cc1Br. The summed E-state index contributed by atoms with van der Waals surface area (Å²) in [7, 11) is 0. The number of benzene rings is 1. The lowest BCUT2D eigenvalue weighted by atomic mass is 10.2. The quantitative estimate of drug-likeness (QED) is 0.841. The molecule has 0 unspecified atom stereocenters. The molecule has 0 amide bonds. The third kappa shape index (κ3) is 3.54. The number of hydrogen-bond acceptors (Lipinski definition) is 3. The van der Waals surface area contributed by atoms with Crippen molar-refractivity contribution in [1.29, 1.82) is 0 Å². The van der Waals surface area contributed by atoms with Crippen LogP contribution in [0.1, 0.15) is 10.4 Å². The van der Waals surface area contributed by atoms with Crippen LogP contribution >= 0.6 is 39.5 Å². The minimum atomic E-state index is 0.381. The number of nitrogens with two attached hydrogens (primary N) is 1. The van der Waals surface area contributed by atoms with Gasteiger partial charge in [0.1, 0.15) is 10.7 Å². The van der Waals surface area contributed by atoms with Gasteiger partial charge in [-0.15, -0.1) is 11.3 Å². The van der Waals surface area contributed by atoms with E-state index in [4.69, 9.17) is 22.7 Å². The molecule has 0 spiro atoms. The Hall–Kier alpha value is -0.910. The second kappa shape index (κ2) is 6.31. The van der Waals surface area contributed by atoms with Gasteiger partial charge < -0.3 is 10.5 Å². The van der Waals surface area contributed by atoms with Gasteiger partial charge in [-0.05, 0) is 45.6 Å². The number of halogens is 1. The van der Waals surface area contributed by atoms with Crippen LogP contribution in [0.15, 0.2) is 40.2 Å². The van der Waals surface area contributed by atoms with Crippen molar-refractivity contribution in [2.24, 2.45) is 5.73 Å². The molecule has 0 saturated carbocycles. The Kier molecular flexibility index (Phi) is 4.74. The Morgan fingerprint density at radius 2 is 2.22 bits per heavy atom. The molecule has 5 heteroatoms. The molecule has 2 N–H and O–H groups in total. The fourth-order valence-electron chi connectivity index (χ4n) is 1.51. The van der Waals surface area contributed by atoms with E-state index in [1.54, 1.807) is 11.3 Å². The molecule has 2 nitrogen and oxygen atoms in total. The molecule has 2 rings (SSSR count). The van der Waals surface area contributed by atoms with Gasteiger partial charge in [0.05, 0.1) is 6.61 Å². The first-order valence-electron chi connectivity index (χ1n) is 5.41. The fourth-order valence-corrected chi connectivity index (χ4v) is 3.08. The van der Waals surface area contributed by atoms with E-state index < -0.39 is 0 Å². The highest BCUT2D eigenvalue weighted by atomic mass is 79.9. The standard InChI is InChI=1S/C13H12BrNOS2/c14-12-8-9(3-4-11(12)13(15)17)16-6-5-10-2-1-7-18-10/h1-4,7-8H,5-6H2,(H2,15,17).